The zero-order chi connectivity index (χ0) is 17.9. The van der Waals surface area contributed by atoms with E-state index in [1.165, 1.54) is 17.3 Å². The van der Waals surface area contributed by atoms with E-state index in [2.05, 4.69) is 0 Å². The van der Waals surface area contributed by atoms with Crippen LogP contribution in [0.3, 0.4) is 0 Å². The van der Waals surface area contributed by atoms with Gasteiger partial charge >= 0.3 is 0 Å². The molecule has 2 heterocycles. The third kappa shape index (κ3) is 3.60. The van der Waals surface area contributed by atoms with Crippen LogP contribution in [0, 0.1) is 22.7 Å². The van der Waals surface area contributed by atoms with E-state index in [0.29, 0.717) is 13.1 Å². The van der Waals surface area contributed by atoms with E-state index in [4.69, 9.17) is 10.7 Å². The monoisotopic (exact) mass is 350 g/mol. The quantitative estimate of drug-likeness (QED) is 0.743. The fourth-order valence-corrected chi connectivity index (χ4v) is 4.07. The molecule has 0 saturated carbocycles. The summed E-state index contributed by atoms with van der Waals surface area (Å²) in [6.07, 6.45) is 2.71. The molecule has 0 spiro atoms. The highest BCUT2D eigenvalue weighted by molar-refractivity contribution is 7.89. The Hall–Kier alpha value is -2.31. The smallest absolute Gasteiger partial charge is 0.250 e. The molecular formula is C15H18N4O4S. The summed E-state index contributed by atoms with van der Waals surface area (Å²) in [6.45, 7) is 1.76. The number of sulfonamides is 1. The van der Waals surface area contributed by atoms with Crippen LogP contribution in [0.15, 0.2) is 28.0 Å². The first-order valence-electron chi connectivity index (χ1n) is 7.45. The van der Waals surface area contributed by atoms with Crippen molar-refractivity contribution in [3.8, 4) is 6.07 Å². The van der Waals surface area contributed by atoms with E-state index >= 15 is 0 Å². The molecule has 1 atom stereocenters. The van der Waals surface area contributed by atoms with E-state index < -0.39 is 33.8 Å². The molecule has 1 unspecified atom stereocenters. The highest BCUT2D eigenvalue weighted by atomic mass is 32.2. The largest absolute Gasteiger partial charge is 0.308 e. The van der Waals surface area contributed by atoms with Gasteiger partial charge in [0.05, 0.1) is 17.5 Å². The van der Waals surface area contributed by atoms with Crippen LogP contribution in [0.5, 0.6) is 0 Å². The Morgan fingerprint density at radius 1 is 1.38 bits per heavy atom. The molecule has 0 aromatic carbocycles. The van der Waals surface area contributed by atoms with Crippen molar-refractivity contribution in [1.29, 1.82) is 10.7 Å². The molecule has 2 rings (SSSR count). The van der Waals surface area contributed by atoms with Crippen LogP contribution in [-0.4, -0.2) is 41.9 Å². The molecule has 1 aromatic heterocycles. The SMILES string of the molecule is CC(=N)C(C#N)C(=O)Cn1cc(S(=O)(=O)N2CCCC2)ccc1=O. The summed E-state index contributed by atoms with van der Waals surface area (Å²) in [6, 6.07) is 4.03. The molecule has 8 nitrogen and oxygen atoms in total. The fourth-order valence-electron chi connectivity index (χ4n) is 2.53. The average molecular weight is 350 g/mol. The number of carbonyl (C=O) groups is 1. The zero-order valence-corrected chi connectivity index (χ0v) is 14.0. The Labute approximate surface area is 139 Å². The van der Waals surface area contributed by atoms with Crippen LogP contribution >= 0.6 is 0 Å². The van der Waals surface area contributed by atoms with E-state index in [0.717, 1.165) is 29.7 Å². The lowest BCUT2D eigenvalue weighted by molar-refractivity contribution is -0.120. The number of nitriles is 1. The first kappa shape index (κ1) is 18.0. The standard InChI is InChI=1S/C15H18N4O4S/c1-11(17)13(8-16)14(20)10-18-9-12(4-5-15(18)21)24(22,23)19-6-2-3-7-19/h4-5,9,13,17H,2-3,6-7,10H2,1H3. The number of hydrogen-bond acceptors (Lipinski definition) is 6. The van der Waals surface area contributed by atoms with Gasteiger partial charge in [0.15, 0.2) is 5.78 Å². The van der Waals surface area contributed by atoms with Gasteiger partial charge in [-0.05, 0) is 25.8 Å². The van der Waals surface area contributed by atoms with Crippen molar-refractivity contribution in [3.05, 3.63) is 28.7 Å². The van der Waals surface area contributed by atoms with Crippen molar-refractivity contribution in [2.75, 3.05) is 13.1 Å². The summed E-state index contributed by atoms with van der Waals surface area (Å²) in [7, 11) is -3.70. The molecular weight excluding hydrogens is 332 g/mol. The van der Waals surface area contributed by atoms with Gasteiger partial charge in [-0.25, -0.2) is 8.42 Å². The number of nitrogens with one attached hydrogen (secondary N) is 1. The van der Waals surface area contributed by atoms with Gasteiger partial charge in [-0.15, -0.1) is 0 Å². The summed E-state index contributed by atoms with van der Waals surface area (Å²) < 4.78 is 27.4. The van der Waals surface area contributed by atoms with E-state index in [9.17, 15) is 18.0 Å². The maximum atomic E-state index is 12.5. The van der Waals surface area contributed by atoms with Crippen molar-refractivity contribution in [3.63, 3.8) is 0 Å². The molecule has 1 aliphatic heterocycles. The second-order valence-electron chi connectivity index (χ2n) is 5.65. The number of ketones is 1. The molecule has 24 heavy (non-hydrogen) atoms. The second-order valence-corrected chi connectivity index (χ2v) is 7.59. The number of hydrogen-bond donors (Lipinski definition) is 1. The number of carbonyl (C=O) groups excluding carboxylic acids is 1. The van der Waals surface area contributed by atoms with Gasteiger partial charge in [-0.1, -0.05) is 0 Å². The summed E-state index contributed by atoms with van der Waals surface area (Å²) in [5.74, 6) is -1.86. The van der Waals surface area contributed by atoms with Gasteiger partial charge in [-0.3, -0.25) is 9.59 Å². The van der Waals surface area contributed by atoms with Crippen molar-refractivity contribution < 1.29 is 13.2 Å². The van der Waals surface area contributed by atoms with E-state index in [1.54, 1.807) is 6.07 Å². The van der Waals surface area contributed by atoms with Crippen molar-refractivity contribution >= 4 is 21.5 Å². The van der Waals surface area contributed by atoms with Gasteiger partial charge in [0, 0.05) is 31.1 Å². The summed E-state index contributed by atoms with van der Waals surface area (Å²) >= 11 is 0. The van der Waals surface area contributed by atoms with Crippen molar-refractivity contribution in [1.82, 2.24) is 8.87 Å². The van der Waals surface area contributed by atoms with Crippen molar-refractivity contribution in [2.45, 2.75) is 31.2 Å². The maximum Gasteiger partial charge on any atom is 0.250 e. The highest BCUT2D eigenvalue weighted by Crippen LogP contribution is 2.19. The predicted molar refractivity (Wildman–Crippen MR) is 86.2 cm³/mol. The molecule has 9 heteroatoms. The Morgan fingerprint density at radius 2 is 2.00 bits per heavy atom. The number of pyridine rings is 1. The van der Waals surface area contributed by atoms with Crippen LogP contribution < -0.4 is 5.56 Å². The van der Waals surface area contributed by atoms with Crippen molar-refractivity contribution in [2.24, 2.45) is 5.92 Å². The Morgan fingerprint density at radius 3 is 2.54 bits per heavy atom. The lowest BCUT2D eigenvalue weighted by atomic mass is 10.0. The van der Waals surface area contributed by atoms with Crippen LogP contribution in [0.25, 0.3) is 0 Å². The van der Waals surface area contributed by atoms with Gasteiger partial charge in [0.2, 0.25) is 10.0 Å². The first-order chi connectivity index (χ1) is 11.3. The van der Waals surface area contributed by atoms with Gasteiger partial charge in [0.25, 0.3) is 5.56 Å². The zero-order valence-electron chi connectivity index (χ0n) is 13.2. The third-order valence-corrected chi connectivity index (χ3v) is 5.75. The van der Waals surface area contributed by atoms with Crippen LogP contribution in [0.2, 0.25) is 0 Å². The number of Topliss-reactive ketones (excluding diaryl/α,β-unsaturated/α-hetero) is 1. The maximum absolute atomic E-state index is 12.5. The van der Waals surface area contributed by atoms with Crippen LogP contribution in [0.4, 0.5) is 0 Å². The van der Waals surface area contributed by atoms with Gasteiger partial charge in [0.1, 0.15) is 5.92 Å². The Kier molecular flexibility index (Phi) is 5.31. The topological polar surface area (TPSA) is 124 Å². The third-order valence-electron chi connectivity index (χ3n) is 3.87. The van der Waals surface area contributed by atoms with E-state index in [-0.39, 0.29) is 10.6 Å². The van der Waals surface area contributed by atoms with Gasteiger partial charge < -0.3 is 9.98 Å². The minimum Gasteiger partial charge on any atom is -0.308 e. The minimum absolute atomic E-state index is 0.0584. The molecule has 1 saturated heterocycles. The molecule has 1 N–H and O–H groups in total. The second kappa shape index (κ2) is 7.07. The number of nitrogens with zero attached hydrogens (tertiary/aromatic N) is 3. The molecule has 1 fully saturated rings. The predicted octanol–water partition coefficient (Wildman–Crippen LogP) is 0.381. The molecule has 0 radical (unpaired) electrons. The fraction of sp³-hybridized carbons (Fsp3) is 0.467. The summed E-state index contributed by atoms with van der Waals surface area (Å²) in [5, 5.41) is 16.4. The van der Waals surface area contributed by atoms with Crippen LogP contribution in [0.1, 0.15) is 19.8 Å². The molecule has 1 aromatic rings. The Balaban J connectivity index is 2.33. The highest BCUT2D eigenvalue weighted by Gasteiger charge is 2.28. The molecule has 0 bridgehead atoms. The molecule has 0 amide bonds. The molecule has 128 valence electrons. The molecule has 1 aliphatic rings. The molecule has 0 aliphatic carbocycles. The average Bonchev–Trinajstić information content (AvgIpc) is 3.04. The van der Waals surface area contributed by atoms with E-state index in [1.807, 2.05) is 0 Å². The normalized spacial score (nSPS) is 16.5. The first-order valence-corrected chi connectivity index (χ1v) is 8.89. The lowest BCUT2D eigenvalue weighted by Crippen LogP contribution is -2.32. The lowest BCUT2D eigenvalue weighted by Gasteiger charge is -2.16. The van der Waals surface area contributed by atoms with Gasteiger partial charge in [-0.2, -0.15) is 9.57 Å². The Bertz CT molecular complexity index is 860. The minimum atomic E-state index is -3.70. The summed E-state index contributed by atoms with van der Waals surface area (Å²) in [5.41, 5.74) is -0.653. The van der Waals surface area contributed by atoms with Crippen LogP contribution in [-0.2, 0) is 21.4 Å². The number of rotatable bonds is 6. The summed E-state index contributed by atoms with van der Waals surface area (Å²) in [4.78, 5) is 23.9. The number of aromatic nitrogens is 1.